The zero-order valence-corrected chi connectivity index (χ0v) is 14.5. The number of allylic oxidation sites excluding steroid dienone is 1. The number of rotatable bonds is 4. The van der Waals surface area contributed by atoms with Crippen LogP contribution in [0.2, 0.25) is 0 Å². The van der Waals surface area contributed by atoms with E-state index in [4.69, 9.17) is 0 Å². The van der Waals surface area contributed by atoms with E-state index in [2.05, 4.69) is 16.7 Å². The summed E-state index contributed by atoms with van der Waals surface area (Å²) in [5, 5.41) is 2.95. The van der Waals surface area contributed by atoms with Gasteiger partial charge in [-0.1, -0.05) is 6.08 Å². The van der Waals surface area contributed by atoms with E-state index in [-0.39, 0.29) is 23.7 Å². The minimum absolute atomic E-state index is 0.0967. The summed E-state index contributed by atoms with van der Waals surface area (Å²) >= 11 is 0. The molecule has 4 rings (SSSR count). The summed E-state index contributed by atoms with van der Waals surface area (Å²) in [6.45, 7) is 3.64. The first-order valence-electron chi connectivity index (χ1n) is 8.22. The summed E-state index contributed by atoms with van der Waals surface area (Å²) < 4.78 is 67.7. The Balaban J connectivity index is 1.69. The van der Waals surface area contributed by atoms with Crippen molar-refractivity contribution in [2.45, 2.75) is 41.9 Å². The van der Waals surface area contributed by atoms with Gasteiger partial charge in [0.2, 0.25) is 9.84 Å². The quantitative estimate of drug-likeness (QED) is 0.760. The van der Waals surface area contributed by atoms with Gasteiger partial charge in [-0.25, -0.2) is 26.3 Å². The summed E-state index contributed by atoms with van der Waals surface area (Å²) in [4.78, 5) is 3.89. The van der Waals surface area contributed by atoms with Crippen molar-refractivity contribution in [3.8, 4) is 0 Å². The van der Waals surface area contributed by atoms with Crippen LogP contribution in [-0.4, -0.2) is 28.4 Å². The molecule has 1 fully saturated rings. The van der Waals surface area contributed by atoms with Crippen LogP contribution in [0.3, 0.4) is 0 Å². The molecule has 2 aliphatic rings. The molecule has 1 aliphatic heterocycles. The maximum Gasteiger partial charge on any atom is 0.267 e. The normalized spacial score (nSPS) is 27.8. The standard InChI is InChI=1S/C17H16F3N3O2S/c1-2-9-3-13(4-9)26(24,25)17-21-16-14(20)8-15(23(16)22-17)10-5-11(18)7-12(19)6-10/h2,5-7,9,13-15H,1,3-4,8H2/t9-,13-,14-,15-/m0/s1. The highest BCUT2D eigenvalue weighted by Crippen LogP contribution is 2.41. The van der Waals surface area contributed by atoms with Gasteiger partial charge in [-0.15, -0.1) is 11.7 Å². The second-order valence-corrected chi connectivity index (χ2v) is 8.88. The highest BCUT2D eigenvalue weighted by molar-refractivity contribution is 7.91. The molecule has 2 heterocycles. The third kappa shape index (κ3) is 2.65. The zero-order chi connectivity index (χ0) is 18.6. The van der Waals surface area contributed by atoms with Gasteiger partial charge in [-0.05, 0) is 36.5 Å². The Morgan fingerprint density at radius 1 is 1.15 bits per heavy atom. The van der Waals surface area contributed by atoms with Gasteiger partial charge >= 0.3 is 0 Å². The monoisotopic (exact) mass is 383 g/mol. The fraction of sp³-hybridized carbons (Fsp3) is 0.412. The fourth-order valence-electron chi connectivity index (χ4n) is 3.53. The number of sulfone groups is 1. The van der Waals surface area contributed by atoms with Crippen molar-refractivity contribution < 1.29 is 21.6 Å². The first kappa shape index (κ1) is 17.3. The molecule has 0 amide bonds. The number of fused-ring (bicyclic) bond motifs is 1. The van der Waals surface area contributed by atoms with Crippen molar-refractivity contribution in [2.75, 3.05) is 0 Å². The molecule has 0 saturated heterocycles. The third-order valence-electron chi connectivity index (χ3n) is 5.07. The Bertz CT molecular complexity index is 963. The van der Waals surface area contributed by atoms with E-state index in [1.165, 1.54) is 0 Å². The second kappa shape index (κ2) is 5.94. The maximum atomic E-state index is 14.3. The van der Waals surface area contributed by atoms with Crippen molar-refractivity contribution in [3.63, 3.8) is 0 Å². The number of nitrogens with zero attached hydrogens (tertiary/aromatic N) is 3. The van der Waals surface area contributed by atoms with E-state index in [1.54, 1.807) is 6.08 Å². The summed E-state index contributed by atoms with van der Waals surface area (Å²) in [7, 11) is -3.77. The fourth-order valence-corrected chi connectivity index (χ4v) is 5.25. The predicted octanol–water partition coefficient (Wildman–Crippen LogP) is 3.30. The molecule has 2 atom stereocenters. The first-order chi connectivity index (χ1) is 12.3. The van der Waals surface area contributed by atoms with Crippen LogP contribution in [0.4, 0.5) is 13.2 Å². The number of benzene rings is 1. The molecule has 0 bridgehead atoms. The van der Waals surface area contributed by atoms with Crippen LogP contribution in [-0.2, 0) is 9.84 Å². The average Bonchev–Trinajstić information content (AvgIpc) is 3.06. The van der Waals surface area contributed by atoms with Gasteiger partial charge in [-0.3, -0.25) is 0 Å². The molecule has 1 aromatic carbocycles. The summed E-state index contributed by atoms with van der Waals surface area (Å²) in [6.07, 6.45) is 0.935. The lowest BCUT2D eigenvalue weighted by molar-refractivity contribution is 0.326. The van der Waals surface area contributed by atoms with Gasteiger partial charge in [0.15, 0.2) is 12.0 Å². The lowest BCUT2D eigenvalue weighted by Crippen LogP contribution is -2.35. The van der Waals surface area contributed by atoms with Gasteiger partial charge in [-0.2, -0.15) is 4.98 Å². The van der Waals surface area contributed by atoms with E-state index in [0.717, 1.165) is 22.9 Å². The van der Waals surface area contributed by atoms with Crippen molar-refractivity contribution in [3.05, 3.63) is 53.9 Å². The lowest BCUT2D eigenvalue weighted by atomic mass is 9.85. The highest BCUT2D eigenvalue weighted by Gasteiger charge is 2.43. The zero-order valence-electron chi connectivity index (χ0n) is 13.6. The van der Waals surface area contributed by atoms with Crippen molar-refractivity contribution >= 4 is 9.84 Å². The molecule has 1 saturated carbocycles. The lowest BCUT2D eigenvalue weighted by Gasteiger charge is -2.31. The summed E-state index contributed by atoms with van der Waals surface area (Å²) in [5.74, 6) is -1.57. The first-order valence-corrected chi connectivity index (χ1v) is 9.77. The molecule has 1 aromatic heterocycles. The van der Waals surface area contributed by atoms with E-state index in [1.807, 2.05) is 0 Å². The van der Waals surface area contributed by atoms with Crippen molar-refractivity contribution in [1.82, 2.24) is 14.8 Å². The smallest absolute Gasteiger partial charge is 0.239 e. The SMILES string of the molecule is C=C[C@H]1C[C@H](S(=O)(=O)c2nc3n(n2)[C@H](c2cc(F)cc(F)c2)C[C@@H]3F)C1. The van der Waals surface area contributed by atoms with Gasteiger partial charge in [0.1, 0.15) is 11.6 Å². The minimum atomic E-state index is -3.77. The molecule has 9 heteroatoms. The van der Waals surface area contributed by atoms with Crippen molar-refractivity contribution in [1.29, 1.82) is 0 Å². The molecule has 26 heavy (non-hydrogen) atoms. The molecular weight excluding hydrogens is 367 g/mol. The van der Waals surface area contributed by atoms with Gasteiger partial charge in [0.05, 0.1) is 11.3 Å². The van der Waals surface area contributed by atoms with E-state index >= 15 is 0 Å². The Morgan fingerprint density at radius 2 is 1.81 bits per heavy atom. The second-order valence-electron chi connectivity index (χ2n) is 6.75. The van der Waals surface area contributed by atoms with Crippen LogP contribution in [0, 0.1) is 17.6 Å². The largest absolute Gasteiger partial charge is 0.267 e. The molecule has 2 aromatic rings. The van der Waals surface area contributed by atoms with Gasteiger partial charge < -0.3 is 0 Å². The van der Waals surface area contributed by atoms with Crippen LogP contribution >= 0.6 is 0 Å². The number of aromatic nitrogens is 3. The Labute approximate surface area is 148 Å². The molecule has 1 aliphatic carbocycles. The minimum Gasteiger partial charge on any atom is -0.239 e. The number of halogens is 3. The molecule has 5 nitrogen and oxygen atoms in total. The van der Waals surface area contributed by atoms with E-state index < -0.39 is 44.1 Å². The molecular formula is C17H16F3N3O2S. The Morgan fingerprint density at radius 3 is 2.42 bits per heavy atom. The number of hydrogen-bond acceptors (Lipinski definition) is 4. The molecule has 0 unspecified atom stereocenters. The van der Waals surface area contributed by atoms with Gasteiger partial charge in [0, 0.05) is 12.5 Å². The van der Waals surface area contributed by atoms with Crippen LogP contribution in [0.1, 0.15) is 42.9 Å². The summed E-state index contributed by atoms with van der Waals surface area (Å²) in [6, 6.07) is 2.10. The predicted molar refractivity (Wildman–Crippen MR) is 86.9 cm³/mol. The van der Waals surface area contributed by atoms with Crippen LogP contribution in [0.25, 0.3) is 0 Å². The van der Waals surface area contributed by atoms with Crippen LogP contribution in [0.5, 0.6) is 0 Å². The van der Waals surface area contributed by atoms with Gasteiger partial charge in [0.25, 0.3) is 5.16 Å². The van der Waals surface area contributed by atoms with Crippen LogP contribution in [0.15, 0.2) is 36.0 Å². The van der Waals surface area contributed by atoms with Crippen molar-refractivity contribution in [2.24, 2.45) is 5.92 Å². The Hall–Kier alpha value is -2.16. The maximum absolute atomic E-state index is 14.3. The molecule has 0 radical (unpaired) electrons. The molecule has 0 spiro atoms. The number of alkyl halides is 1. The topological polar surface area (TPSA) is 64.8 Å². The van der Waals surface area contributed by atoms with E-state index in [0.29, 0.717) is 12.8 Å². The Kier molecular flexibility index (Phi) is 3.94. The molecule has 138 valence electrons. The molecule has 0 N–H and O–H groups in total. The summed E-state index contributed by atoms with van der Waals surface area (Å²) in [5.41, 5.74) is 0.188. The average molecular weight is 383 g/mol. The number of hydrogen-bond donors (Lipinski definition) is 0. The van der Waals surface area contributed by atoms with Crippen LogP contribution < -0.4 is 0 Å². The highest BCUT2D eigenvalue weighted by atomic mass is 32.2. The van der Waals surface area contributed by atoms with E-state index in [9.17, 15) is 21.6 Å². The third-order valence-corrected chi connectivity index (χ3v) is 7.02.